The number of hydrogen-bond acceptors (Lipinski definition) is 2. The molecule has 0 bridgehead atoms. The lowest BCUT2D eigenvalue weighted by Gasteiger charge is -2.28. The highest BCUT2D eigenvalue weighted by Crippen LogP contribution is 2.15. The molecule has 0 rings (SSSR count). The zero-order valence-electron chi connectivity index (χ0n) is 23.9. The number of thioether (sulfide) groups is 1. The van der Waals surface area contributed by atoms with Crippen molar-refractivity contribution in [1.82, 2.24) is 5.32 Å². The zero-order valence-corrected chi connectivity index (χ0v) is 24.8. The van der Waals surface area contributed by atoms with Gasteiger partial charge in [0, 0.05) is 19.4 Å². The van der Waals surface area contributed by atoms with Crippen molar-refractivity contribution in [2.75, 3.05) is 45.2 Å². The minimum atomic E-state index is 0.247. The summed E-state index contributed by atoms with van der Waals surface area (Å²) in [5.74, 6) is 2.98. The van der Waals surface area contributed by atoms with Crippen LogP contribution in [0.5, 0.6) is 0 Å². The van der Waals surface area contributed by atoms with Crippen molar-refractivity contribution >= 4 is 17.7 Å². The molecule has 0 fully saturated rings. The molecule has 0 heterocycles. The SMILES string of the molecule is CCCCCCCCCCCCSCCCCCCCCCCC(=O)NCCC[N+](C)(C)CC. The van der Waals surface area contributed by atoms with Gasteiger partial charge in [-0.15, -0.1) is 0 Å². The standard InChI is InChI=1S/C30H62N2OS/c1-5-7-8-9-10-11-13-16-19-22-28-34-29-23-20-17-14-12-15-18-21-25-30(33)31-26-24-27-32(3,4)6-2/h5-29H2,1-4H3/p+1. The third kappa shape index (κ3) is 26.4. The second-order valence-electron chi connectivity index (χ2n) is 11.1. The number of hydrogen-bond donors (Lipinski definition) is 1. The second-order valence-corrected chi connectivity index (χ2v) is 12.3. The Labute approximate surface area is 219 Å². The van der Waals surface area contributed by atoms with Crippen LogP contribution in [0.1, 0.15) is 142 Å². The van der Waals surface area contributed by atoms with Gasteiger partial charge in [-0.2, -0.15) is 11.8 Å². The Hall–Kier alpha value is -0.220. The summed E-state index contributed by atoms with van der Waals surface area (Å²) >= 11 is 2.18. The van der Waals surface area contributed by atoms with Crippen LogP contribution in [0.3, 0.4) is 0 Å². The summed E-state index contributed by atoms with van der Waals surface area (Å²) in [6.07, 6.45) is 26.7. The lowest BCUT2D eigenvalue weighted by molar-refractivity contribution is -0.888. The van der Waals surface area contributed by atoms with Crippen LogP contribution in [0.4, 0.5) is 0 Å². The molecule has 0 aliphatic rings. The van der Waals surface area contributed by atoms with Gasteiger partial charge >= 0.3 is 0 Å². The van der Waals surface area contributed by atoms with E-state index in [1.165, 1.54) is 121 Å². The molecular weight excluding hydrogens is 436 g/mol. The Kier molecular flexibility index (Phi) is 25.7. The third-order valence-corrected chi connectivity index (χ3v) is 8.36. The molecule has 1 amide bonds. The largest absolute Gasteiger partial charge is 0.356 e. The topological polar surface area (TPSA) is 29.1 Å². The molecule has 4 heteroatoms. The van der Waals surface area contributed by atoms with Crippen molar-refractivity contribution in [2.24, 2.45) is 0 Å². The predicted octanol–water partition coefficient (Wildman–Crippen LogP) is 8.75. The minimum Gasteiger partial charge on any atom is -0.356 e. The molecule has 0 unspecified atom stereocenters. The van der Waals surface area contributed by atoms with Crippen molar-refractivity contribution in [3.8, 4) is 0 Å². The number of unbranched alkanes of at least 4 members (excludes halogenated alkanes) is 16. The number of carbonyl (C=O) groups excluding carboxylic acids is 1. The molecule has 0 spiro atoms. The average Bonchev–Trinajstić information content (AvgIpc) is 2.83. The highest BCUT2D eigenvalue weighted by atomic mass is 32.2. The van der Waals surface area contributed by atoms with E-state index in [0.29, 0.717) is 6.42 Å². The first-order chi connectivity index (χ1) is 16.5. The number of nitrogens with zero attached hydrogens (tertiary/aromatic N) is 1. The monoisotopic (exact) mass is 499 g/mol. The number of carbonyl (C=O) groups is 1. The van der Waals surface area contributed by atoms with Crippen LogP contribution in [0.25, 0.3) is 0 Å². The van der Waals surface area contributed by atoms with E-state index in [1.54, 1.807) is 0 Å². The molecule has 0 saturated carbocycles. The smallest absolute Gasteiger partial charge is 0.219 e. The first-order valence-electron chi connectivity index (χ1n) is 15.2. The van der Waals surface area contributed by atoms with Crippen LogP contribution < -0.4 is 5.32 Å². The normalized spacial score (nSPS) is 11.8. The number of amides is 1. The Morgan fingerprint density at radius 2 is 1.06 bits per heavy atom. The van der Waals surface area contributed by atoms with E-state index in [1.807, 2.05) is 0 Å². The molecule has 0 atom stereocenters. The lowest BCUT2D eigenvalue weighted by atomic mass is 10.1. The summed E-state index contributed by atoms with van der Waals surface area (Å²) in [5, 5.41) is 3.09. The van der Waals surface area contributed by atoms with Crippen LogP contribution in [0, 0.1) is 0 Å². The fourth-order valence-electron chi connectivity index (χ4n) is 4.33. The molecule has 0 aliphatic heterocycles. The average molecular weight is 500 g/mol. The van der Waals surface area contributed by atoms with Gasteiger partial charge in [0.05, 0.1) is 27.2 Å². The Balaban J connectivity index is 3.17. The van der Waals surface area contributed by atoms with E-state index in [4.69, 9.17) is 0 Å². The molecule has 204 valence electrons. The van der Waals surface area contributed by atoms with E-state index >= 15 is 0 Å². The quantitative estimate of drug-likeness (QED) is 0.0904. The van der Waals surface area contributed by atoms with E-state index < -0.39 is 0 Å². The van der Waals surface area contributed by atoms with Crippen LogP contribution >= 0.6 is 11.8 Å². The first kappa shape index (κ1) is 33.8. The number of nitrogens with one attached hydrogen (secondary N) is 1. The van der Waals surface area contributed by atoms with E-state index in [2.05, 4.69) is 45.0 Å². The summed E-state index contributed by atoms with van der Waals surface area (Å²) < 4.78 is 1.04. The van der Waals surface area contributed by atoms with E-state index in [-0.39, 0.29) is 5.91 Å². The van der Waals surface area contributed by atoms with Gasteiger partial charge in [0.25, 0.3) is 0 Å². The van der Waals surface area contributed by atoms with Gasteiger partial charge in [0.15, 0.2) is 0 Å². The number of quaternary nitrogens is 1. The molecule has 0 saturated heterocycles. The van der Waals surface area contributed by atoms with Gasteiger partial charge < -0.3 is 9.80 Å². The van der Waals surface area contributed by atoms with Gasteiger partial charge in [-0.3, -0.25) is 4.79 Å². The fourth-order valence-corrected chi connectivity index (χ4v) is 5.35. The Morgan fingerprint density at radius 3 is 1.53 bits per heavy atom. The van der Waals surface area contributed by atoms with E-state index in [0.717, 1.165) is 37.0 Å². The fraction of sp³-hybridized carbons (Fsp3) is 0.967. The number of rotatable bonds is 27. The van der Waals surface area contributed by atoms with E-state index in [9.17, 15) is 4.79 Å². The summed E-state index contributed by atoms with van der Waals surface area (Å²) in [5.41, 5.74) is 0. The molecule has 0 aromatic heterocycles. The maximum absolute atomic E-state index is 11.9. The summed E-state index contributed by atoms with van der Waals surface area (Å²) in [4.78, 5) is 11.9. The van der Waals surface area contributed by atoms with Gasteiger partial charge in [0.1, 0.15) is 0 Å². The molecule has 3 nitrogen and oxygen atoms in total. The first-order valence-corrected chi connectivity index (χ1v) is 16.3. The van der Waals surface area contributed by atoms with Gasteiger partial charge in [-0.25, -0.2) is 0 Å². The Bertz CT molecular complexity index is 428. The van der Waals surface area contributed by atoms with Crippen LogP contribution in [0.15, 0.2) is 0 Å². The van der Waals surface area contributed by atoms with Crippen molar-refractivity contribution in [3.63, 3.8) is 0 Å². The molecule has 0 radical (unpaired) electrons. The second kappa shape index (κ2) is 25.9. The molecule has 1 N–H and O–H groups in total. The summed E-state index contributed by atoms with van der Waals surface area (Å²) in [6.45, 7) is 7.62. The maximum Gasteiger partial charge on any atom is 0.219 e. The highest BCUT2D eigenvalue weighted by molar-refractivity contribution is 7.99. The zero-order chi connectivity index (χ0) is 25.2. The van der Waals surface area contributed by atoms with Crippen LogP contribution in [-0.2, 0) is 4.79 Å². The minimum absolute atomic E-state index is 0.247. The Morgan fingerprint density at radius 1 is 0.618 bits per heavy atom. The molecule has 0 aliphatic carbocycles. The summed E-state index contributed by atoms with van der Waals surface area (Å²) in [6, 6.07) is 0. The third-order valence-electron chi connectivity index (χ3n) is 7.20. The highest BCUT2D eigenvalue weighted by Gasteiger charge is 2.10. The predicted molar refractivity (Wildman–Crippen MR) is 156 cm³/mol. The lowest BCUT2D eigenvalue weighted by Crippen LogP contribution is -2.41. The molecule has 0 aromatic rings. The van der Waals surface area contributed by atoms with Crippen molar-refractivity contribution in [2.45, 2.75) is 142 Å². The van der Waals surface area contributed by atoms with Crippen LogP contribution in [0.2, 0.25) is 0 Å². The molecule has 0 aromatic carbocycles. The van der Waals surface area contributed by atoms with Crippen molar-refractivity contribution in [1.29, 1.82) is 0 Å². The van der Waals surface area contributed by atoms with Gasteiger partial charge in [0.2, 0.25) is 5.91 Å². The van der Waals surface area contributed by atoms with Crippen molar-refractivity contribution in [3.05, 3.63) is 0 Å². The molecular formula is C30H63N2OS+. The van der Waals surface area contributed by atoms with Gasteiger partial charge in [-0.05, 0) is 37.7 Å². The van der Waals surface area contributed by atoms with Crippen LogP contribution in [-0.4, -0.2) is 55.6 Å². The molecule has 34 heavy (non-hydrogen) atoms. The van der Waals surface area contributed by atoms with Crippen molar-refractivity contribution < 1.29 is 9.28 Å². The van der Waals surface area contributed by atoms with Gasteiger partial charge in [-0.1, -0.05) is 103 Å². The maximum atomic E-state index is 11.9. The summed E-state index contributed by atoms with van der Waals surface area (Å²) in [7, 11) is 4.50.